The van der Waals surface area contributed by atoms with Crippen LogP contribution in [0.5, 0.6) is 5.75 Å². The van der Waals surface area contributed by atoms with Gasteiger partial charge in [-0.1, -0.05) is 38.2 Å². The maximum absolute atomic E-state index is 13.6. The Morgan fingerprint density at radius 2 is 1.92 bits per heavy atom. The van der Waals surface area contributed by atoms with Crippen molar-refractivity contribution < 1.29 is 24.2 Å². The highest BCUT2D eigenvalue weighted by atomic mass is 32.1. The summed E-state index contributed by atoms with van der Waals surface area (Å²) in [4.78, 5) is 28.0. The Morgan fingerprint density at radius 3 is 2.39 bits per heavy atom. The molecule has 1 heterocycles. The van der Waals surface area contributed by atoms with Crippen molar-refractivity contribution in [3.8, 4) is 5.75 Å². The van der Waals surface area contributed by atoms with Crippen molar-refractivity contribution in [1.29, 1.82) is 0 Å². The third kappa shape index (κ3) is 6.70. The fourth-order valence-electron chi connectivity index (χ4n) is 4.68. The van der Waals surface area contributed by atoms with E-state index in [1.54, 1.807) is 31.2 Å². The van der Waals surface area contributed by atoms with Gasteiger partial charge in [0.2, 0.25) is 0 Å². The molecule has 0 saturated heterocycles. The largest absolute Gasteiger partial charge is 0.494 e. The van der Waals surface area contributed by atoms with E-state index in [0.717, 1.165) is 28.9 Å². The number of aliphatic hydroxyl groups is 1. The third-order valence-electron chi connectivity index (χ3n) is 6.71. The van der Waals surface area contributed by atoms with Crippen LogP contribution in [0.4, 0.5) is 0 Å². The Morgan fingerprint density at radius 1 is 1.29 bits per heavy atom. The number of carbonyl (C=O) groups excluding carboxylic acids is 2. The molecule has 1 aromatic carbocycles. The average molecular weight is 544 g/mol. The van der Waals surface area contributed by atoms with Crippen LogP contribution in [0.15, 0.2) is 60.0 Å². The molecule has 0 saturated carbocycles. The number of ether oxygens (including phenoxy) is 2. The van der Waals surface area contributed by atoms with Crippen LogP contribution in [0, 0.1) is 0 Å². The first-order valence-electron chi connectivity index (χ1n) is 12.9. The summed E-state index contributed by atoms with van der Waals surface area (Å²) in [5.74, 6) is -0.700. The molecule has 3 unspecified atom stereocenters. The number of esters is 1. The lowest BCUT2D eigenvalue weighted by Crippen LogP contribution is -2.58. The third-order valence-corrected chi connectivity index (χ3v) is 6.94. The molecule has 0 spiro atoms. The molecule has 3 atom stereocenters. The van der Waals surface area contributed by atoms with E-state index in [-0.39, 0.29) is 18.2 Å². The number of hydrazine groups is 1. The summed E-state index contributed by atoms with van der Waals surface area (Å²) < 4.78 is 11.0. The van der Waals surface area contributed by atoms with Gasteiger partial charge in [-0.3, -0.25) is 14.7 Å². The van der Waals surface area contributed by atoms with Crippen molar-refractivity contribution in [3.05, 3.63) is 65.5 Å². The van der Waals surface area contributed by atoms with Gasteiger partial charge in [0, 0.05) is 35.6 Å². The number of nitrogens with zero attached hydrogens (tertiary/aromatic N) is 3. The van der Waals surface area contributed by atoms with Crippen LogP contribution in [0.3, 0.4) is 0 Å². The number of hydrogen-bond acceptors (Lipinski definition) is 8. The number of benzene rings is 1. The number of thiocarbonyl (C=S) groups is 1. The number of unbranched alkanes of at least 4 members (excludes halogenated alkanes) is 1. The monoisotopic (exact) mass is 543 g/mol. The first-order valence-corrected chi connectivity index (χ1v) is 13.4. The second kappa shape index (κ2) is 13.7. The first kappa shape index (κ1) is 31.2. The molecule has 0 fully saturated rings. The van der Waals surface area contributed by atoms with Gasteiger partial charge in [-0.05, 0) is 71.4 Å². The van der Waals surface area contributed by atoms with E-state index >= 15 is 0 Å². The Hall–Kier alpha value is -3.01. The summed E-state index contributed by atoms with van der Waals surface area (Å²) in [6, 6.07) is 5.27. The molecule has 1 N–H and O–H groups in total. The molecule has 0 aliphatic carbocycles. The van der Waals surface area contributed by atoms with Crippen molar-refractivity contribution in [2.24, 2.45) is 0 Å². The topological polar surface area (TPSA) is 82.6 Å². The summed E-state index contributed by atoms with van der Waals surface area (Å²) in [5, 5.41) is 15.9. The molecular weight excluding hydrogens is 502 g/mol. The van der Waals surface area contributed by atoms with Crippen LogP contribution < -0.4 is 4.74 Å². The zero-order chi connectivity index (χ0) is 28.6. The standard InChI is InChI=1S/C29H41N3O5S/c1-9-12-17-37-24-15-13-23(14-16-24)27(33)31(19-38)26(28(34)36-11-3)29(7,35)25(10-2)22(6)32-21(5)18-20(4)30(32)8/h10,13-16,18-20,26,35H,2,9,11-12,17H2,1,3-8H3/b25-22+. The smallest absolute Gasteiger partial charge is 0.332 e. The van der Waals surface area contributed by atoms with Crippen molar-refractivity contribution in [1.82, 2.24) is 14.9 Å². The SMILES string of the molecule is C=C/C(=C(/C)N1C(C)=CC(C)N1C)C(C)(O)C(C(=O)OCC)N(C=S)C(=O)c1ccc(OCCCC)cc1. The molecule has 0 bridgehead atoms. The normalized spacial score (nSPS) is 18.6. The van der Waals surface area contributed by atoms with Crippen molar-refractivity contribution in [2.45, 2.75) is 72.1 Å². The minimum atomic E-state index is -1.90. The van der Waals surface area contributed by atoms with E-state index in [2.05, 4.69) is 26.5 Å². The van der Waals surface area contributed by atoms with Gasteiger partial charge in [-0.15, -0.1) is 0 Å². The molecule has 1 aromatic rings. The number of hydrogen-bond donors (Lipinski definition) is 1. The molecule has 1 amide bonds. The molecule has 8 nitrogen and oxygen atoms in total. The molecule has 2 rings (SSSR count). The van der Waals surface area contributed by atoms with E-state index in [4.69, 9.17) is 21.7 Å². The Bertz CT molecular complexity index is 1080. The average Bonchev–Trinajstić information content (AvgIpc) is 3.13. The van der Waals surface area contributed by atoms with Crippen LogP contribution in [-0.4, -0.2) is 75.3 Å². The van der Waals surface area contributed by atoms with Crippen LogP contribution >= 0.6 is 12.2 Å². The van der Waals surface area contributed by atoms with Gasteiger partial charge in [0.1, 0.15) is 11.4 Å². The van der Waals surface area contributed by atoms with Gasteiger partial charge >= 0.3 is 5.97 Å². The maximum atomic E-state index is 13.6. The quantitative estimate of drug-likeness (QED) is 0.163. The van der Waals surface area contributed by atoms with Crippen molar-refractivity contribution >= 4 is 29.6 Å². The van der Waals surface area contributed by atoms with Crippen LogP contribution in [0.25, 0.3) is 0 Å². The van der Waals surface area contributed by atoms with E-state index in [1.807, 2.05) is 30.9 Å². The van der Waals surface area contributed by atoms with Gasteiger partial charge < -0.3 is 14.6 Å². The molecular formula is C29H41N3O5S. The number of likely N-dealkylation sites (N-methyl/N-ethyl adjacent to an activating group) is 1. The minimum Gasteiger partial charge on any atom is -0.494 e. The van der Waals surface area contributed by atoms with E-state index in [1.165, 1.54) is 13.0 Å². The highest BCUT2D eigenvalue weighted by Crippen LogP contribution is 2.34. The highest BCUT2D eigenvalue weighted by Gasteiger charge is 2.47. The van der Waals surface area contributed by atoms with E-state index in [0.29, 0.717) is 23.6 Å². The number of rotatable bonds is 13. The molecule has 38 heavy (non-hydrogen) atoms. The lowest BCUT2D eigenvalue weighted by Gasteiger charge is -2.40. The Kier molecular flexibility index (Phi) is 11.2. The molecule has 0 radical (unpaired) electrons. The summed E-state index contributed by atoms with van der Waals surface area (Å²) in [6.45, 7) is 15.6. The van der Waals surface area contributed by atoms with Crippen LogP contribution in [0.2, 0.25) is 0 Å². The summed E-state index contributed by atoms with van der Waals surface area (Å²) >= 11 is 5.21. The predicted molar refractivity (Wildman–Crippen MR) is 153 cm³/mol. The second-order valence-electron chi connectivity index (χ2n) is 9.48. The summed E-state index contributed by atoms with van der Waals surface area (Å²) in [5.41, 5.74) is 1.44. The van der Waals surface area contributed by atoms with Gasteiger partial charge in [0.05, 0.1) is 18.7 Å². The van der Waals surface area contributed by atoms with Crippen molar-refractivity contribution in [2.75, 3.05) is 20.3 Å². The molecule has 9 heteroatoms. The molecule has 1 aliphatic heterocycles. The molecule has 208 valence electrons. The fraction of sp³-hybridized carbons (Fsp3) is 0.483. The fourth-order valence-corrected chi connectivity index (χ4v) is 4.90. The van der Waals surface area contributed by atoms with Gasteiger partial charge in [-0.2, -0.15) is 0 Å². The van der Waals surface area contributed by atoms with Gasteiger partial charge in [0.15, 0.2) is 6.04 Å². The zero-order valence-corrected chi connectivity index (χ0v) is 24.4. The maximum Gasteiger partial charge on any atom is 0.332 e. The Labute approximate surface area is 232 Å². The number of carbonyl (C=O) groups is 2. The van der Waals surface area contributed by atoms with Crippen LogP contribution in [0.1, 0.15) is 64.7 Å². The second-order valence-corrected chi connectivity index (χ2v) is 9.69. The zero-order valence-electron chi connectivity index (χ0n) is 23.6. The van der Waals surface area contributed by atoms with E-state index < -0.39 is 23.5 Å². The number of amides is 1. The lowest BCUT2D eigenvalue weighted by molar-refractivity contribution is -0.153. The summed E-state index contributed by atoms with van der Waals surface area (Å²) in [7, 11) is 1.93. The molecule has 1 aliphatic rings. The van der Waals surface area contributed by atoms with Crippen LogP contribution in [-0.2, 0) is 9.53 Å². The predicted octanol–water partition coefficient (Wildman–Crippen LogP) is 4.86. The minimum absolute atomic E-state index is 0.0645. The highest BCUT2D eigenvalue weighted by molar-refractivity contribution is 7.78. The van der Waals surface area contributed by atoms with Gasteiger partial charge in [-0.25, -0.2) is 9.80 Å². The van der Waals surface area contributed by atoms with Crippen molar-refractivity contribution in [3.63, 3.8) is 0 Å². The number of allylic oxidation sites excluding steroid dienone is 2. The summed E-state index contributed by atoms with van der Waals surface area (Å²) in [6.07, 6.45) is 5.53. The lowest BCUT2D eigenvalue weighted by atomic mass is 9.85. The first-order chi connectivity index (χ1) is 18.0. The molecule has 0 aromatic heterocycles. The Balaban J connectivity index is 2.53. The van der Waals surface area contributed by atoms with Gasteiger partial charge in [0.25, 0.3) is 5.91 Å². The van der Waals surface area contributed by atoms with E-state index in [9.17, 15) is 14.7 Å².